The van der Waals surface area contributed by atoms with Gasteiger partial charge in [0.05, 0.1) is 0 Å². The maximum atomic E-state index is 12.8. The number of carbonyl (C=O) groups is 1. The molecule has 1 aliphatic rings. The van der Waals surface area contributed by atoms with Crippen molar-refractivity contribution in [1.82, 2.24) is 19.9 Å². The average molecular weight is 435 g/mol. The Morgan fingerprint density at radius 1 is 1.00 bits per heavy atom. The standard InChI is InChI=1S/C25H21N7O/c26-13-19-12-21(3-4-22(19)27)30-23-7-10-29-24(31-23)17-1-2-18-14-32(15-20(18)11-17)25(33)16-5-8-28-9-6-16/h1-13,26H,14-15,27H2,(H,29,30,31). The number of nitrogens with two attached hydrogens (primary N) is 1. The van der Waals surface area contributed by atoms with Gasteiger partial charge in [0, 0.05) is 66.0 Å². The summed E-state index contributed by atoms with van der Waals surface area (Å²) < 4.78 is 0. The van der Waals surface area contributed by atoms with Gasteiger partial charge >= 0.3 is 0 Å². The highest BCUT2D eigenvalue weighted by Gasteiger charge is 2.24. The molecule has 4 aromatic rings. The van der Waals surface area contributed by atoms with Crippen LogP contribution in [0.2, 0.25) is 0 Å². The fourth-order valence-corrected chi connectivity index (χ4v) is 3.85. The van der Waals surface area contributed by atoms with Crippen LogP contribution >= 0.6 is 0 Å². The van der Waals surface area contributed by atoms with Gasteiger partial charge in [-0.15, -0.1) is 0 Å². The van der Waals surface area contributed by atoms with Crippen molar-refractivity contribution in [1.29, 1.82) is 5.41 Å². The van der Waals surface area contributed by atoms with E-state index in [1.54, 1.807) is 48.9 Å². The minimum atomic E-state index is -0.00890. The fraction of sp³-hybridized carbons (Fsp3) is 0.0800. The third-order valence-electron chi connectivity index (χ3n) is 5.57. The van der Waals surface area contributed by atoms with Crippen molar-refractivity contribution >= 4 is 29.3 Å². The summed E-state index contributed by atoms with van der Waals surface area (Å²) in [6, 6.07) is 16.7. The van der Waals surface area contributed by atoms with Crippen molar-refractivity contribution in [2.45, 2.75) is 13.1 Å². The summed E-state index contributed by atoms with van der Waals surface area (Å²) in [6.45, 7) is 1.12. The maximum absolute atomic E-state index is 12.8. The number of nitrogen functional groups attached to an aromatic ring is 1. The van der Waals surface area contributed by atoms with Gasteiger partial charge in [0.15, 0.2) is 5.82 Å². The van der Waals surface area contributed by atoms with Crippen LogP contribution in [-0.2, 0) is 13.1 Å². The topological polar surface area (TPSA) is 121 Å². The highest BCUT2D eigenvalue weighted by atomic mass is 16.2. The molecule has 0 radical (unpaired) electrons. The quantitative estimate of drug-likeness (QED) is 0.322. The summed E-state index contributed by atoms with van der Waals surface area (Å²) in [4.78, 5) is 27.7. The first-order chi connectivity index (χ1) is 16.1. The molecule has 8 nitrogen and oxygen atoms in total. The van der Waals surface area contributed by atoms with Gasteiger partial charge in [-0.25, -0.2) is 9.97 Å². The Kier molecular flexibility index (Phi) is 5.24. The molecule has 8 heteroatoms. The first-order valence-electron chi connectivity index (χ1n) is 10.4. The Hall–Kier alpha value is -4.59. The SMILES string of the molecule is N=Cc1cc(Nc2ccnc(-c3ccc4c(c3)CN(C(=O)c3ccncc3)C4)n2)ccc1N. The molecule has 5 rings (SSSR count). The van der Waals surface area contributed by atoms with Crippen LogP contribution in [0.25, 0.3) is 11.4 Å². The third kappa shape index (κ3) is 4.14. The molecule has 0 aliphatic carbocycles. The minimum Gasteiger partial charge on any atom is -0.398 e. The van der Waals surface area contributed by atoms with E-state index >= 15 is 0 Å². The number of nitrogens with zero attached hydrogens (tertiary/aromatic N) is 4. The number of anilines is 3. The summed E-state index contributed by atoms with van der Waals surface area (Å²) in [5, 5.41) is 10.7. The fourth-order valence-electron chi connectivity index (χ4n) is 3.85. The van der Waals surface area contributed by atoms with E-state index in [1.165, 1.54) is 6.21 Å². The molecular weight excluding hydrogens is 414 g/mol. The lowest BCUT2D eigenvalue weighted by molar-refractivity contribution is 0.0751. The number of carbonyl (C=O) groups excluding carboxylic acids is 1. The maximum Gasteiger partial charge on any atom is 0.254 e. The molecule has 1 aliphatic heterocycles. The lowest BCUT2D eigenvalue weighted by Crippen LogP contribution is -2.25. The van der Waals surface area contributed by atoms with Gasteiger partial charge < -0.3 is 21.4 Å². The zero-order valence-corrected chi connectivity index (χ0v) is 17.7. The van der Waals surface area contributed by atoms with Crippen LogP contribution in [-0.4, -0.2) is 32.0 Å². The molecule has 162 valence electrons. The Morgan fingerprint density at radius 3 is 2.64 bits per heavy atom. The number of pyridine rings is 1. The van der Waals surface area contributed by atoms with Crippen molar-refractivity contribution in [3.05, 3.63) is 95.4 Å². The van der Waals surface area contributed by atoms with Crippen molar-refractivity contribution in [3.63, 3.8) is 0 Å². The molecule has 1 amide bonds. The van der Waals surface area contributed by atoms with Gasteiger partial charge in [-0.2, -0.15) is 0 Å². The number of rotatable bonds is 5. The molecule has 0 spiro atoms. The van der Waals surface area contributed by atoms with Crippen molar-refractivity contribution in [3.8, 4) is 11.4 Å². The van der Waals surface area contributed by atoms with Gasteiger partial charge in [0.1, 0.15) is 5.82 Å². The molecule has 3 heterocycles. The number of amides is 1. The Morgan fingerprint density at radius 2 is 1.82 bits per heavy atom. The molecule has 33 heavy (non-hydrogen) atoms. The van der Waals surface area contributed by atoms with Crippen LogP contribution in [0, 0.1) is 5.41 Å². The van der Waals surface area contributed by atoms with E-state index in [4.69, 9.17) is 11.1 Å². The summed E-state index contributed by atoms with van der Waals surface area (Å²) in [5.41, 5.74) is 11.6. The lowest BCUT2D eigenvalue weighted by atomic mass is 10.1. The molecule has 4 N–H and O–H groups in total. The molecule has 0 fully saturated rings. The number of hydrogen-bond donors (Lipinski definition) is 3. The second-order valence-electron chi connectivity index (χ2n) is 7.76. The van der Waals surface area contributed by atoms with Crippen molar-refractivity contribution in [2.75, 3.05) is 11.1 Å². The normalized spacial score (nSPS) is 12.3. The highest BCUT2D eigenvalue weighted by molar-refractivity contribution is 5.94. The van der Waals surface area contributed by atoms with E-state index in [2.05, 4.69) is 20.3 Å². The van der Waals surface area contributed by atoms with Crippen LogP contribution in [0.1, 0.15) is 27.0 Å². The van der Waals surface area contributed by atoms with E-state index in [-0.39, 0.29) is 5.91 Å². The number of benzene rings is 2. The van der Waals surface area contributed by atoms with Crippen LogP contribution in [0.4, 0.5) is 17.2 Å². The number of aromatic nitrogens is 3. The van der Waals surface area contributed by atoms with Crippen molar-refractivity contribution < 1.29 is 4.79 Å². The largest absolute Gasteiger partial charge is 0.398 e. The number of nitrogens with one attached hydrogen (secondary N) is 2. The van der Waals surface area contributed by atoms with E-state index in [0.717, 1.165) is 22.4 Å². The van der Waals surface area contributed by atoms with Crippen LogP contribution in [0.3, 0.4) is 0 Å². The predicted molar refractivity (Wildman–Crippen MR) is 127 cm³/mol. The zero-order chi connectivity index (χ0) is 22.8. The Labute approximate surface area is 190 Å². The highest BCUT2D eigenvalue weighted by Crippen LogP contribution is 2.29. The van der Waals surface area contributed by atoms with Gasteiger partial charge in [0.25, 0.3) is 5.91 Å². The van der Waals surface area contributed by atoms with Crippen LogP contribution in [0.5, 0.6) is 0 Å². The van der Waals surface area contributed by atoms with Gasteiger partial charge in [0.2, 0.25) is 0 Å². The summed E-state index contributed by atoms with van der Waals surface area (Å²) >= 11 is 0. The van der Waals surface area contributed by atoms with E-state index < -0.39 is 0 Å². The monoisotopic (exact) mass is 435 g/mol. The summed E-state index contributed by atoms with van der Waals surface area (Å²) in [5.74, 6) is 1.21. The van der Waals surface area contributed by atoms with E-state index in [0.29, 0.717) is 41.5 Å². The Bertz CT molecular complexity index is 1350. The second-order valence-corrected chi connectivity index (χ2v) is 7.76. The second kappa shape index (κ2) is 8.51. The zero-order valence-electron chi connectivity index (χ0n) is 17.7. The molecule has 0 saturated carbocycles. The molecule has 2 aromatic heterocycles. The first-order valence-corrected chi connectivity index (χ1v) is 10.4. The van der Waals surface area contributed by atoms with Gasteiger partial charge in [-0.05, 0) is 53.6 Å². The predicted octanol–water partition coefficient (Wildman–Crippen LogP) is 4.02. The van der Waals surface area contributed by atoms with Gasteiger partial charge in [-0.1, -0.05) is 12.1 Å². The Balaban J connectivity index is 1.36. The molecule has 0 bridgehead atoms. The summed E-state index contributed by atoms with van der Waals surface area (Å²) in [7, 11) is 0. The van der Waals surface area contributed by atoms with Crippen LogP contribution < -0.4 is 11.1 Å². The van der Waals surface area contributed by atoms with Crippen molar-refractivity contribution in [2.24, 2.45) is 0 Å². The number of fused-ring (bicyclic) bond motifs is 1. The van der Waals surface area contributed by atoms with E-state index in [1.807, 2.05) is 29.2 Å². The molecule has 0 atom stereocenters. The smallest absolute Gasteiger partial charge is 0.254 e. The third-order valence-corrected chi connectivity index (χ3v) is 5.57. The molecule has 0 unspecified atom stereocenters. The first kappa shape index (κ1) is 20.3. The molecule has 0 saturated heterocycles. The lowest BCUT2D eigenvalue weighted by Gasteiger charge is -2.15. The minimum absolute atomic E-state index is 0.00890. The van der Waals surface area contributed by atoms with Gasteiger partial charge in [-0.3, -0.25) is 9.78 Å². The van der Waals surface area contributed by atoms with Crippen LogP contribution in [0.15, 0.2) is 73.2 Å². The van der Waals surface area contributed by atoms with E-state index in [9.17, 15) is 4.79 Å². The number of hydrogen-bond acceptors (Lipinski definition) is 7. The molecule has 2 aromatic carbocycles. The summed E-state index contributed by atoms with van der Waals surface area (Å²) in [6.07, 6.45) is 6.18. The molecular formula is C25H21N7O. The average Bonchev–Trinajstić information content (AvgIpc) is 3.29.